The molecule has 7 heteroatoms. The van der Waals surface area contributed by atoms with E-state index in [1.165, 1.54) is 17.7 Å². The Labute approximate surface area is 137 Å². The highest BCUT2D eigenvalue weighted by atomic mass is 32.1. The van der Waals surface area contributed by atoms with Crippen LogP contribution in [0.5, 0.6) is 5.75 Å². The van der Waals surface area contributed by atoms with Gasteiger partial charge in [0.25, 0.3) is 5.91 Å². The molecule has 0 spiro atoms. The molecule has 118 valence electrons. The van der Waals surface area contributed by atoms with Crippen LogP contribution in [-0.2, 0) is 0 Å². The van der Waals surface area contributed by atoms with Crippen LogP contribution < -0.4 is 10.1 Å². The van der Waals surface area contributed by atoms with Crippen molar-refractivity contribution in [1.29, 1.82) is 0 Å². The molecule has 2 aromatic heterocycles. The number of aromatic nitrogens is 3. The number of carbonyl (C=O) groups is 1. The van der Waals surface area contributed by atoms with Crippen LogP contribution >= 0.6 is 11.3 Å². The summed E-state index contributed by atoms with van der Waals surface area (Å²) in [4.78, 5) is 24.9. The highest BCUT2D eigenvalue weighted by molar-refractivity contribution is 7.22. The van der Waals surface area contributed by atoms with E-state index in [1.54, 1.807) is 0 Å². The molecule has 0 aliphatic carbocycles. The fourth-order valence-electron chi connectivity index (χ4n) is 2.14. The lowest BCUT2D eigenvalue weighted by molar-refractivity contribution is 0.102. The second-order valence-electron chi connectivity index (χ2n) is 4.97. The molecule has 6 nitrogen and oxygen atoms in total. The van der Waals surface area contributed by atoms with Gasteiger partial charge in [0, 0.05) is 11.3 Å². The summed E-state index contributed by atoms with van der Waals surface area (Å²) < 4.78 is 6.44. The Kier molecular flexibility index (Phi) is 4.20. The summed E-state index contributed by atoms with van der Waals surface area (Å²) in [7, 11) is 0. The number of ether oxygens (including phenoxy) is 1. The first-order chi connectivity index (χ1) is 11.1. The van der Waals surface area contributed by atoms with Gasteiger partial charge in [-0.3, -0.25) is 10.1 Å². The molecule has 0 unspecified atom stereocenters. The van der Waals surface area contributed by atoms with Gasteiger partial charge < -0.3 is 4.74 Å². The molecule has 0 saturated carbocycles. The zero-order valence-electron chi connectivity index (χ0n) is 13.1. The molecule has 0 saturated heterocycles. The molecule has 0 bridgehead atoms. The number of thiazole rings is 1. The highest BCUT2D eigenvalue weighted by Gasteiger charge is 2.15. The SMILES string of the molecule is CCOc1ccc2nc(NC(=O)c3ncnc(C)c3C)sc2c1. The number of hydrogen-bond acceptors (Lipinski definition) is 6. The molecule has 0 fully saturated rings. The van der Waals surface area contributed by atoms with Crippen molar-refractivity contribution in [1.82, 2.24) is 15.0 Å². The Hall–Kier alpha value is -2.54. The monoisotopic (exact) mass is 328 g/mol. The topological polar surface area (TPSA) is 77.0 Å². The minimum atomic E-state index is -0.280. The van der Waals surface area contributed by atoms with Gasteiger partial charge >= 0.3 is 0 Å². The second-order valence-corrected chi connectivity index (χ2v) is 6.00. The van der Waals surface area contributed by atoms with Crippen molar-refractivity contribution >= 4 is 32.6 Å². The van der Waals surface area contributed by atoms with Crippen LogP contribution in [0.4, 0.5) is 5.13 Å². The van der Waals surface area contributed by atoms with E-state index >= 15 is 0 Å². The first-order valence-electron chi connectivity index (χ1n) is 7.21. The Morgan fingerprint density at radius 2 is 2.13 bits per heavy atom. The molecule has 3 aromatic rings. The van der Waals surface area contributed by atoms with E-state index in [2.05, 4.69) is 20.3 Å². The number of fused-ring (bicyclic) bond motifs is 1. The van der Waals surface area contributed by atoms with Crippen LogP contribution in [0.2, 0.25) is 0 Å². The van der Waals surface area contributed by atoms with E-state index in [4.69, 9.17) is 4.74 Å². The number of nitrogens with one attached hydrogen (secondary N) is 1. The number of carbonyl (C=O) groups excluding carboxylic acids is 1. The number of benzene rings is 1. The van der Waals surface area contributed by atoms with E-state index in [9.17, 15) is 4.79 Å². The van der Waals surface area contributed by atoms with Crippen molar-refractivity contribution in [3.63, 3.8) is 0 Å². The molecular weight excluding hydrogens is 312 g/mol. The lowest BCUT2D eigenvalue weighted by atomic mass is 10.2. The Balaban J connectivity index is 1.86. The van der Waals surface area contributed by atoms with Crippen LogP contribution in [0.3, 0.4) is 0 Å². The number of anilines is 1. The maximum Gasteiger partial charge on any atom is 0.276 e. The Morgan fingerprint density at radius 3 is 2.91 bits per heavy atom. The number of aryl methyl sites for hydroxylation is 1. The average Bonchev–Trinajstić information content (AvgIpc) is 2.91. The quantitative estimate of drug-likeness (QED) is 0.794. The summed E-state index contributed by atoms with van der Waals surface area (Å²) in [5.74, 6) is 0.515. The van der Waals surface area contributed by atoms with Crippen LogP contribution in [-0.4, -0.2) is 27.5 Å². The van der Waals surface area contributed by atoms with Crippen LogP contribution in [0.1, 0.15) is 28.7 Å². The molecule has 1 aromatic carbocycles. The van der Waals surface area contributed by atoms with E-state index in [-0.39, 0.29) is 5.91 Å². The van der Waals surface area contributed by atoms with E-state index in [0.717, 1.165) is 27.2 Å². The number of amides is 1. The van der Waals surface area contributed by atoms with Crippen LogP contribution in [0.15, 0.2) is 24.5 Å². The van der Waals surface area contributed by atoms with Gasteiger partial charge in [0.15, 0.2) is 5.13 Å². The molecule has 1 N–H and O–H groups in total. The standard InChI is InChI=1S/C16H16N4O2S/c1-4-22-11-5-6-12-13(7-11)23-16(19-12)20-15(21)14-9(2)10(3)17-8-18-14/h5-8H,4H2,1-3H3,(H,19,20,21). The number of hydrogen-bond donors (Lipinski definition) is 1. The third-order valence-corrected chi connectivity index (χ3v) is 4.38. The zero-order chi connectivity index (χ0) is 16.4. The predicted molar refractivity (Wildman–Crippen MR) is 90.2 cm³/mol. The molecule has 23 heavy (non-hydrogen) atoms. The molecule has 0 radical (unpaired) electrons. The summed E-state index contributed by atoms with van der Waals surface area (Å²) in [5, 5.41) is 3.34. The molecule has 0 aliphatic heterocycles. The van der Waals surface area contributed by atoms with Crippen molar-refractivity contribution < 1.29 is 9.53 Å². The molecule has 0 atom stereocenters. The normalized spacial score (nSPS) is 10.7. The fourth-order valence-corrected chi connectivity index (χ4v) is 3.03. The van der Waals surface area contributed by atoms with Crippen molar-refractivity contribution in [2.45, 2.75) is 20.8 Å². The van der Waals surface area contributed by atoms with Crippen molar-refractivity contribution in [2.75, 3.05) is 11.9 Å². The Morgan fingerprint density at radius 1 is 1.30 bits per heavy atom. The first-order valence-corrected chi connectivity index (χ1v) is 8.03. The van der Waals surface area contributed by atoms with Crippen LogP contribution in [0.25, 0.3) is 10.2 Å². The van der Waals surface area contributed by atoms with E-state index < -0.39 is 0 Å². The van der Waals surface area contributed by atoms with Crippen LogP contribution in [0, 0.1) is 13.8 Å². The summed E-state index contributed by atoms with van der Waals surface area (Å²) >= 11 is 1.40. The Bertz CT molecular complexity index is 876. The number of nitrogens with zero attached hydrogens (tertiary/aromatic N) is 3. The smallest absolute Gasteiger partial charge is 0.276 e. The van der Waals surface area contributed by atoms with Gasteiger partial charge in [-0.15, -0.1) is 0 Å². The second kappa shape index (κ2) is 6.29. The van der Waals surface area contributed by atoms with Gasteiger partial charge in [0.05, 0.1) is 16.8 Å². The first kappa shape index (κ1) is 15.4. The third-order valence-electron chi connectivity index (χ3n) is 3.44. The summed E-state index contributed by atoms with van der Waals surface area (Å²) in [6.07, 6.45) is 1.39. The lowest BCUT2D eigenvalue weighted by Crippen LogP contribution is -2.16. The van der Waals surface area contributed by atoms with E-state index in [1.807, 2.05) is 39.0 Å². The molecule has 3 rings (SSSR count). The average molecular weight is 328 g/mol. The third kappa shape index (κ3) is 3.14. The van der Waals surface area contributed by atoms with Gasteiger partial charge in [-0.25, -0.2) is 15.0 Å². The van der Waals surface area contributed by atoms with Gasteiger partial charge in [0.2, 0.25) is 0 Å². The zero-order valence-corrected chi connectivity index (χ0v) is 13.9. The van der Waals surface area contributed by atoms with Crippen molar-refractivity contribution in [3.05, 3.63) is 41.5 Å². The number of rotatable bonds is 4. The highest BCUT2D eigenvalue weighted by Crippen LogP contribution is 2.29. The van der Waals surface area contributed by atoms with Gasteiger partial charge in [0.1, 0.15) is 17.8 Å². The minimum absolute atomic E-state index is 0.280. The van der Waals surface area contributed by atoms with Gasteiger partial charge in [-0.1, -0.05) is 11.3 Å². The largest absolute Gasteiger partial charge is 0.494 e. The van der Waals surface area contributed by atoms with Gasteiger partial charge in [-0.2, -0.15) is 0 Å². The van der Waals surface area contributed by atoms with Crippen molar-refractivity contribution in [3.8, 4) is 5.75 Å². The maximum absolute atomic E-state index is 12.4. The maximum atomic E-state index is 12.4. The summed E-state index contributed by atoms with van der Waals surface area (Å²) in [5.41, 5.74) is 2.75. The molecular formula is C16H16N4O2S. The summed E-state index contributed by atoms with van der Waals surface area (Å²) in [6.45, 7) is 6.23. The molecule has 1 amide bonds. The van der Waals surface area contributed by atoms with E-state index in [0.29, 0.717) is 17.4 Å². The fraction of sp³-hybridized carbons (Fsp3) is 0.250. The van der Waals surface area contributed by atoms with Crippen molar-refractivity contribution in [2.24, 2.45) is 0 Å². The minimum Gasteiger partial charge on any atom is -0.494 e. The molecule has 2 heterocycles. The predicted octanol–water partition coefficient (Wildman–Crippen LogP) is 3.35. The summed E-state index contributed by atoms with van der Waals surface area (Å²) in [6, 6.07) is 5.67. The lowest BCUT2D eigenvalue weighted by Gasteiger charge is -2.05. The van der Waals surface area contributed by atoms with Gasteiger partial charge in [-0.05, 0) is 39.0 Å². The molecule has 0 aliphatic rings.